The van der Waals surface area contributed by atoms with Crippen LogP contribution in [-0.4, -0.2) is 21.3 Å². The summed E-state index contributed by atoms with van der Waals surface area (Å²) in [6, 6.07) is 13.8. The molecule has 2 aromatic carbocycles. The maximum atomic E-state index is 14.0. The molecular formula is C23H18BrFN2O3. The smallest absolute Gasteiger partial charge is 0.356 e. The van der Waals surface area contributed by atoms with Gasteiger partial charge < -0.3 is 9.84 Å². The molecule has 1 N–H and O–H groups in total. The second-order valence-corrected chi connectivity index (χ2v) is 7.88. The second kappa shape index (κ2) is 8.75. The van der Waals surface area contributed by atoms with Crippen molar-refractivity contribution in [2.75, 3.05) is 0 Å². The highest BCUT2D eigenvalue weighted by molar-refractivity contribution is 9.10. The molecule has 0 fully saturated rings. The first-order valence-electron chi connectivity index (χ1n) is 9.47. The molecule has 0 radical (unpaired) electrons. The van der Waals surface area contributed by atoms with Gasteiger partial charge in [0.2, 0.25) is 0 Å². The van der Waals surface area contributed by atoms with Crippen LogP contribution in [0.15, 0.2) is 59.2 Å². The summed E-state index contributed by atoms with van der Waals surface area (Å²) in [5.74, 6) is -0.766. The number of carboxylic acid groups (broad SMARTS) is 1. The predicted molar refractivity (Wildman–Crippen MR) is 115 cm³/mol. The van der Waals surface area contributed by atoms with E-state index in [1.54, 1.807) is 30.5 Å². The quantitative estimate of drug-likeness (QED) is 0.498. The molecule has 1 heterocycles. The Hall–Kier alpha value is -3.06. The predicted octanol–water partition coefficient (Wildman–Crippen LogP) is 5.75. The first kappa shape index (κ1) is 20.2. The number of hydrogen-bond donors (Lipinski definition) is 1. The minimum atomic E-state index is -1.11. The average Bonchev–Trinajstić information content (AvgIpc) is 3.24. The third kappa shape index (κ3) is 4.26. The van der Waals surface area contributed by atoms with Crippen LogP contribution in [-0.2, 0) is 6.61 Å². The lowest BCUT2D eigenvalue weighted by Crippen LogP contribution is -2.03. The van der Waals surface area contributed by atoms with E-state index in [1.165, 1.54) is 6.07 Å². The highest BCUT2D eigenvalue weighted by Crippen LogP contribution is 2.43. The molecule has 0 atom stereocenters. The summed E-state index contributed by atoms with van der Waals surface area (Å²) in [4.78, 5) is 11.3. The van der Waals surface area contributed by atoms with Gasteiger partial charge in [-0.05, 0) is 60.7 Å². The van der Waals surface area contributed by atoms with Crippen molar-refractivity contribution < 1.29 is 19.0 Å². The third-order valence-electron chi connectivity index (χ3n) is 5.05. The molecule has 0 bridgehead atoms. The SMILES string of the molecule is O=C(O)c1cc(C2=C(c3cc(Br)ccc3OCc3ccccc3F)CCC2)cnn1. The number of hydrogen-bond acceptors (Lipinski definition) is 4. The molecule has 0 saturated carbocycles. The number of halogens is 2. The molecule has 3 aromatic rings. The Kier molecular flexibility index (Phi) is 5.90. The fourth-order valence-electron chi connectivity index (χ4n) is 3.63. The van der Waals surface area contributed by atoms with Crippen LogP contribution in [0, 0.1) is 5.82 Å². The van der Waals surface area contributed by atoms with Gasteiger partial charge in [0.05, 0.1) is 6.20 Å². The van der Waals surface area contributed by atoms with Gasteiger partial charge in [0.1, 0.15) is 18.2 Å². The van der Waals surface area contributed by atoms with Crippen molar-refractivity contribution in [2.45, 2.75) is 25.9 Å². The van der Waals surface area contributed by atoms with Gasteiger partial charge >= 0.3 is 5.97 Å². The zero-order valence-electron chi connectivity index (χ0n) is 15.9. The van der Waals surface area contributed by atoms with Crippen LogP contribution in [0.5, 0.6) is 5.75 Å². The van der Waals surface area contributed by atoms with Crippen molar-refractivity contribution in [1.29, 1.82) is 0 Å². The maximum absolute atomic E-state index is 14.0. The van der Waals surface area contributed by atoms with Crippen LogP contribution in [0.4, 0.5) is 4.39 Å². The molecule has 30 heavy (non-hydrogen) atoms. The molecule has 5 nitrogen and oxygen atoms in total. The summed E-state index contributed by atoms with van der Waals surface area (Å²) >= 11 is 3.52. The van der Waals surface area contributed by atoms with Crippen LogP contribution in [0.3, 0.4) is 0 Å². The standard InChI is InChI=1S/C23H18BrFN2O3/c24-16-8-9-22(30-13-14-4-1-2-7-20(14)25)19(11-16)18-6-3-5-17(18)15-10-21(23(28)29)27-26-12-15/h1-2,4,7-12H,3,5-6,13H2,(H,28,29). The van der Waals surface area contributed by atoms with Crippen LogP contribution in [0.2, 0.25) is 0 Å². The lowest BCUT2D eigenvalue weighted by molar-refractivity contribution is 0.0689. The number of rotatable bonds is 6. The molecule has 1 aromatic heterocycles. The lowest BCUT2D eigenvalue weighted by atomic mass is 9.97. The van der Waals surface area contributed by atoms with Gasteiger partial charge in [-0.3, -0.25) is 0 Å². The van der Waals surface area contributed by atoms with E-state index in [9.17, 15) is 14.3 Å². The summed E-state index contributed by atoms with van der Waals surface area (Å²) in [5, 5.41) is 16.8. The summed E-state index contributed by atoms with van der Waals surface area (Å²) < 4.78 is 20.9. The summed E-state index contributed by atoms with van der Waals surface area (Å²) in [7, 11) is 0. The lowest BCUT2D eigenvalue weighted by Gasteiger charge is -2.15. The van der Waals surface area contributed by atoms with Gasteiger partial charge in [-0.25, -0.2) is 9.18 Å². The van der Waals surface area contributed by atoms with Gasteiger partial charge in [0.15, 0.2) is 5.69 Å². The van der Waals surface area contributed by atoms with Crippen molar-refractivity contribution >= 4 is 33.0 Å². The monoisotopic (exact) mass is 468 g/mol. The Labute approximate surface area is 181 Å². The molecule has 1 aliphatic rings. The van der Waals surface area contributed by atoms with Gasteiger partial charge in [-0.2, -0.15) is 5.10 Å². The Morgan fingerprint density at radius 3 is 2.73 bits per heavy atom. The van der Waals surface area contributed by atoms with Crippen LogP contribution in [0.25, 0.3) is 11.1 Å². The molecule has 0 aliphatic heterocycles. The summed E-state index contributed by atoms with van der Waals surface area (Å²) in [6.45, 7) is 0.115. The number of allylic oxidation sites excluding steroid dienone is 2. The van der Waals surface area contributed by atoms with Crippen LogP contribution >= 0.6 is 15.9 Å². The fourth-order valence-corrected chi connectivity index (χ4v) is 3.99. The normalized spacial score (nSPS) is 13.5. The van der Waals surface area contributed by atoms with E-state index in [0.717, 1.165) is 46.0 Å². The molecular weight excluding hydrogens is 451 g/mol. The number of aromatic carboxylic acids is 1. The molecule has 152 valence electrons. The van der Waals surface area contributed by atoms with Crippen molar-refractivity contribution in [3.05, 3.63) is 87.4 Å². The number of benzene rings is 2. The van der Waals surface area contributed by atoms with Gasteiger partial charge in [-0.15, -0.1) is 5.10 Å². The number of carbonyl (C=O) groups is 1. The van der Waals surface area contributed by atoms with E-state index in [-0.39, 0.29) is 18.1 Å². The highest BCUT2D eigenvalue weighted by atomic mass is 79.9. The molecule has 0 amide bonds. The van der Waals surface area contributed by atoms with E-state index in [0.29, 0.717) is 11.3 Å². The van der Waals surface area contributed by atoms with E-state index < -0.39 is 5.97 Å². The topological polar surface area (TPSA) is 72.3 Å². The maximum Gasteiger partial charge on any atom is 0.356 e. The number of ether oxygens (including phenoxy) is 1. The zero-order valence-corrected chi connectivity index (χ0v) is 17.5. The summed E-state index contributed by atoms with van der Waals surface area (Å²) in [6.07, 6.45) is 4.16. The minimum Gasteiger partial charge on any atom is -0.488 e. The molecule has 7 heteroatoms. The van der Waals surface area contributed by atoms with Crippen molar-refractivity contribution in [1.82, 2.24) is 10.2 Å². The minimum absolute atomic E-state index is 0.0866. The fraction of sp³-hybridized carbons (Fsp3) is 0.174. The van der Waals surface area contributed by atoms with Gasteiger partial charge in [-0.1, -0.05) is 34.1 Å². The van der Waals surface area contributed by atoms with E-state index in [1.807, 2.05) is 18.2 Å². The average molecular weight is 469 g/mol. The van der Waals surface area contributed by atoms with E-state index >= 15 is 0 Å². The molecule has 0 unspecified atom stereocenters. The van der Waals surface area contributed by atoms with Gasteiger partial charge in [0.25, 0.3) is 0 Å². The molecule has 4 rings (SSSR count). The van der Waals surface area contributed by atoms with Crippen LogP contribution < -0.4 is 4.74 Å². The second-order valence-electron chi connectivity index (χ2n) is 6.97. The zero-order chi connectivity index (χ0) is 21.1. The Morgan fingerprint density at radius 2 is 1.93 bits per heavy atom. The molecule has 1 aliphatic carbocycles. The first-order valence-corrected chi connectivity index (χ1v) is 10.3. The highest BCUT2D eigenvalue weighted by Gasteiger charge is 2.22. The number of nitrogens with zero attached hydrogens (tertiary/aromatic N) is 2. The van der Waals surface area contributed by atoms with E-state index in [4.69, 9.17) is 4.74 Å². The molecule has 0 spiro atoms. The number of carboxylic acids is 1. The number of aromatic nitrogens is 2. The Morgan fingerprint density at radius 1 is 1.13 bits per heavy atom. The molecule has 0 saturated heterocycles. The largest absolute Gasteiger partial charge is 0.488 e. The van der Waals surface area contributed by atoms with Crippen molar-refractivity contribution in [3.63, 3.8) is 0 Å². The Bertz CT molecular complexity index is 1150. The first-order chi connectivity index (χ1) is 14.5. The van der Waals surface area contributed by atoms with Crippen LogP contribution in [0.1, 0.15) is 46.4 Å². The third-order valence-corrected chi connectivity index (χ3v) is 5.54. The van der Waals surface area contributed by atoms with E-state index in [2.05, 4.69) is 26.1 Å². The van der Waals surface area contributed by atoms with Gasteiger partial charge in [0, 0.05) is 21.2 Å². The van der Waals surface area contributed by atoms with Crippen molar-refractivity contribution in [2.24, 2.45) is 0 Å². The van der Waals surface area contributed by atoms with Crippen molar-refractivity contribution in [3.8, 4) is 5.75 Å². The summed E-state index contributed by atoms with van der Waals surface area (Å²) in [5.41, 5.74) is 4.15. The Balaban J connectivity index is 1.72.